The summed E-state index contributed by atoms with van der Waals surface area (Å²) in [5.74, 6) is 0.924. The molecule has 0 aliphatic carbocycles. The molecule has 0 radical (unpaired) electrons. The summed E-state index contributed by atoms with van der Waals surface area (Å²) >= 11 is 0. The SMILES string of the molecule is OC[C@H]1CCCN1Cc1ccc(COc2cccc(CCc3ccccc3)c2)cc1. The highest BCUT2D eigenvalue weighted by Gasteiger charge is 2.23. The van der Waals surface area contributed by atoms with Crippen molar-refractivity contribution >= 4 is 0 Å². The van der Waals surface area contributed by atoms with Gasteiger partial charge in [0.05, 0.1) is 6.61 Å². The van der Waals surface area contributed by atoms with Gasteiger partial charge in [0.25, 0.3) is 0 Å². The summed E-state index contributed by atoms with van der Waals surface area (Å²) in [5.41, 5.74) is 5.13. The van der Waals surface area contributed by atoms with Crippen LogP contribution in [0.15, 0.2) is 78.9 Å². The lowest BCUT2D eigenvalue weighted by atomic mass is 10.0. The number of hydrogen-bond acceptors (Lipinski definition) is 3. The quantitative estimate of drug-likeness (QED) is 0.547. The minimum Gasteiger partial charge on any atom is -0.489 e. The fourth-order valence-corrected chi connectivity index (χ4v) is 4.18. The molecule has 0 amide bonds. The van der Waals surface area contributed by atoms with E-state index in [2.05, 4.69) is 77.7 Å². The van der Waals surface area contributed by atoms with E-state index in [-0.39, 0.29) is 6.61 Å². The predicted molar refractivity (Wildman–Crippen MR) is 122 cm³/mol. The molecule has 0 aromatic heterocycles. The Bertz CT molecular complexity index is 908. The van der Waals surface area contributed by atoms with Gasteiger partial charge >= 0.3 is 0 Å². The first-order valence-electron chi connectivity index (χ1n) is 11.0. The Labute approximate surface area is 179 Å². The van der Waals surface area contributed by atoms with Crippen molar-refractivity contribution in [1.82, 2.24) is 4.90 Å². The largest absolute Gasteiger partial charge is 0.489 e. The van der Waals surface area contributed by atoms with Gasteiger partial charge in [-0.2, -0.15) is 0 Å². The normalized spacial score (nSPS) is 16.6. The smallest absolute Gasteiger partial charge is 0.120 e. The first-order valence-corrected chi connectivity index (χ1v) is 11.0. The van der Waals surface area contributed by atoms with Crippen LogP contribution in [-0.4, -0.2) is 29.2 Å². The molecule has 0 unspecified atom stereocenters. The first-order chi connectivity index (χ1) is 14.8. The highest BCUT2D eigenvalue weighted by atomic mass is 16.5. The summed E-state index contributed by atoms with van der Waals surface area (Å²) in [6.45, 7) is 2.83. The van der Waals surface area contributed by atoms with Gasteiger partial charge in [-0.3, -0.25) is 4.90 Å². The van der Waals surface area contributed by atoms with Gasteiger partial charge in [0, 0.05) is 12.6 Å². The number of aliphatic hydroxyl groups excluding tert-OH is 1. The molecule has 0 spiro atoms. The van der Waals surface area contributed by atoms with Crippen molar-refractivity contribution in [2.24, 2.45) is 0 Å². The van der Waals surface area contributed by atoms with Crippen LogP contribution in [0.1, 0.15) is 35.1 Å². The minimum absolute atomic E-state index is 0.260. The zero-order valence-corrected chi connectivity index (χ0v) is 17.5. The van der Waals surface area contributed by atoms with Crippen molar-refractivity contribution in [2.45, 2.75) is 44.9 Å². The van der Waals surface area contributed by atoms with Crippen molar-refractivity contribution in [3.8, 4) is 5.75 Å². The lowest BCUT2D eigenvalue weighted by Crippen LogP contribution is -2.31. The van der Waals surface area contributed by atoms with Crippen LogP contribution in [0, 0.1) is 0 Å². The van der Waals surface area contributed by atoms with Crippen molar-refractivity contribution in [3.05, 3.63) is 101 Å². The van der Waals surface area contributed by atoms with Gasteiger partial charge in [0.15, 0.2) is 0 Å². The Balaban J connectivity index is 1.28. The second kappa shape index (κ2) is 10.4. The molecule has 3 aromatic carbocycles. The summed E-state index contributed by atoms with van der Waals surface area (Å²) in [5, 5.41) is 9.49. The molecule has 4 rings (SSSR count). The van der Waals surface area contributed by atoms with E-state index >= 15 is 0 Å². The maximum absolute atomic E-state index is 9.49. The van der Waals surface area contributed by atoms with Gasteiger partial charge in [-0.05, 0) is 66.6 Å². The lowest BCUT2D eigenvalue weighted by Gasteiger charge is -2.22. The fourth-order valence-electron chi connectivity index (χ4n) is 4.18. The van der Waals surface area contributed by atoms with Gasteiger partial charge in [-0.15, -0.1) is 0 Å². The van der Waals surface area contributed by atoms with Crippen molar-refractivity contribution in [1.29, 1.82) is 0 Å². The van der Waals surface area contributed by atoms with Crippen molar-refractivity contribution in [2.75, 3.05) is 13.2 Å². The van der Waals surface area contributed by atoms with Crippen LogP contribution in [0.5, 0.6) is 5.75 Å². The lowest BCUT2D eigenvalue weighted by molar-refractivity contribution is 0.153. The van der Waals surface area contributed by atoms with E-state index in [0.717, 1.165) is 38.1 Å². The van der Waals surface area contributed by atoms with Crippen LogP contribution in [0.4, 0.5) is 0 Å². The second-order valence-corrected chi connectivity index (χ2v) is 8.19. The molecule has 1 aliphatic rings. The summed E-state index contributed by atoms with van der Waals surface area (Å²) in [6.07, 6.45) is 4.34. The van der Waals surface area contributed by atoms with E-state index in [9.17, 15) is 5.11 Å². The zero-order valence-electron chi connectivity index (χ0n) is 17.5. The van der Waals surface area contributed by atoms with Crippen LogP contribution < -0.4 is 4.74 Å². The maximum atomic E-state index is 9.49. The van der Waals surface area contributed by atoms with E-state index in [1.807, 2.05) is 6.07 Å². The van der Waals surface area contributed by atoms with E-state index in [0.29, 0.717) is 12.6 Å². The Morgan fingerprint density at radius 2 is 1.53 bits per heavy atom. The molecule has 30 heavy (non-hydrogen) atoms. The van der Waals surface area contributed by atoms with Gasteiger partial charge in [0.1, 0.15) is 12.4 Å². The number of rotatable bonds is 9. The molecule has 156 valence electrons. The number of nitrogens with zero attached hydrogens (tertiary/aromatic N) is 1. The maximum Gasteiger partial charge on any atom is 0.120 e. The zero-order chi connectivity index (χ0) is 20.6. The number of benzene rings is 3. The van der Waals surface area contributed by atoms with E-state index in [4.69, 9.17) is 4.74 Å². The third-order valence-electron chi connectivity index (χ3n) is 5.97. The summed E-state index contributed by atoms with van der Waals surface area (Å²) in [4.78, 5) is 2.38. The summed E-state index contributed by atoms with van der Waals surface area (Å²) in [6, 6.07) is 28.0. The van der Waals surface area contributed by atoms with Crippen LogP contribution in [0.3, 0.4) is 0 Å². The van der Waals surface area contributed by atoms with E-state index in [1.54, 1.807) is 0 Å². The minimum atomic E-state index is 0.260. The van der Waals surface area contributed by atoms with Gasteiger partial charge in [-0.25, -0.2) is 0 Å². The fraction of sp³-hybridized carbons (Fsp3) is 0.333. The molecule has 1 aliphatic heterocycles. The second-order valence-electron chi connectivity index (χ2n) is 8.19. The average molecular weight is 402 g/mol. The van der Waals surface area contributed by atoms with Gasteiger partial charge in [0.2, 0.25) is 0 Å². The monoisotopic (exact) mass is 401 g/mol. The van der Waals surface area contributed by atoms with Gasteiger partial charge < -0.3 is 9.84 Å². The third-order valence-corrected chi connectivity index (χ3v) is 5.97. The average Bonchev–Trinajstić information content (AvgIpc) is 3.25. The Morgan fingerprint density at radius 3 is 2.33 bits per heavy atom. The number of aliphatic hydroxyl groups is 1. The predicted octanol–water partition coefficient (Wildman–Crippen LogP) is 5.01. The first kappa shape index (κ1) is 20.6. The summed E-state index contributed by atoms with van der Waals surface area (Å²) < 4.78 is 6.05. The van der Waals surface area contributed by atoms with Gasteiger partial charge in [-0.1, -0.05) is 66.7 Å². The number of aryl methyl sites for hydroxylation is 2. The van der Waals surface area contributed by atoms with E-state index in [1.165, 1.54) is 28.7 Å². The molecule has 1 atom stereocenters. The molecule has 3 aromatic rings. The topological polar surface area (TPSA) is 32.7 Å². The highest BCUT2D eigenvalue weighted by Crippen LogP contribution is 2.21. The van der Waals surface area contributed by atoms with Crippen LogP contribution in [-0.2, 0) is 26.0 Å². The Kier molecular flexibility index (Phi) is 7.17. The van der Waals surface area contributed by atoms with Crippen molar-refractivity contribution in [3.63, 3.8) is 0 Å². The van der Waals surface area contributed by atoms with Crippen LogP contribution >= 0.6 is 0 Å². The highest BCUT2D eigenvalue weighted by molar-refractivity contribution is 5.30. The molecule has 1 fully saturated rings. The molecule has 1 N–H and O–H groups in total. The molecule has 1 saturated heterocycles. The number of hydrogen-bond donors (Lipinski definition) is 1. The summed E-state index contributed by atoms with van der Waals surface area (Å²) in [7, 11) is 0. The Hall–Kier alpha value is -2.62. The molecular weight excluding hydrogens is 370 g/mol. The molecule has 1 heterocycles. The Morgan fingerprint density at radius 1 is 0.800 bits per heavy atom. The standard InChI is InChI=1S/C27H31NO2/c29-20-26-9-5-17-28(26)19-24-13-15-25(16-14-24)21-30-27-10-4-8-23(18-27)12-11-22-6-2-1-3-7-22/h1-4,6-8,10,13-16,18,26,29H,5,9,11-12,17,19-21H2/t26-/m1/s1. The molecule has 3 heteroatoms. The van der Waals surface area contributed by atoms with Crippen molar-refractivity contribution < 1.29 is 9.84 Å². The molecule has 0 bridgehead atoms. The molecule has 3 nitrogen and oxygen atoms in total. The van der Waals surface area contributed by atoms with E-state index < -0.39 is 0 Å². The van der Waals surface area contributed by atoms with Crippen LogP contribution in [0.2, 0.25) is 0 Å². The number of likely N-dealkylation sites (tertiary alicyclic amines) is 1. The molecular formula is C27H31NO2. The third kappa shape index (κ3) is 5.71. The number of ether oxygens (including phenoxy) is 1. The van der Waals surface area contributed by atoms with Crippen LogP contribution in [0.25, 0.3) is 0 Å². The molecule has 0 saturated carbocycles.